The van der Waals surface area contributed by atoms with Crippen molar-refractivity contribution in [2.75, 3.05) is 6.54 Å². The fourth-order valence-electron chi connectivity index (χ4n) is 0.469. The molecular weight excluding hydrogens is 190 g/mol. The van der Waals surface area contributed by atoms with E-state index < -0.39 is 17.7 Å². The maximum Gasteiger partial charge on any atom is 0.424 e. The number of rotatable bonds is 3. The largest absolute Gasteiger partial charge is 0.443 e. The molecule has 0 atom stereocenters. The summed E-state index contributed by atoms with van der Waals surface area (Å²) in [6.07, 6.45) is -0.748. The molecule has 82 valence electrons. The molecule has 0 spiro atoms. The van der Waals surface area contributed by atoms with Gasteiger partial charge in [0.05, 0.1) is 6.54 Å². The monoisotopic (exact) mass is 205 g/mol. The van der Waals surface area contributed by atoms with Crippen molar-refractivity contribution >= 4 is 12.1 Å². The number of ether oxygens (including phenoxy) is 1. The second-order valence-corrected chi connectivity index (χ2v) is 3.41. The molecule has 4 N–H and O–H groups in total. The summed E-state index contributed by atoms with van der Waals surface area (Å²) in [4.78, 5) is 25.6. The van der Waals surface area contributed by atoms with E-state index in [4.69, 9.17) is 10.5 Å². The fourth-order valence-corrected chi connectivity index (χ4v) is 0.469. The topological polar surface area (TPSA) is 103 Å². The molecular formula is C7H15N3O4. The molecule has 0 aliphatic carbocycles. The van der Waals surface area contributed by atoms with Crippen LogP contribution in [-0.2, 0) is 14.4 Å². The highest BCUT2D eigenvalue weighted by Crippen LogP contribution is 2.05. The molecule has 14 heavy (non-hydrogen) atoms. The summed E-state index contributed by atoms with van der Waals surface area (Å²) in [7, 11) is 0. The van der Waals surface area contributed by atoms with Gasteiger partial charge in [-0.1, -0.05) is 5.59 Å². The fraction of sp³-hybridized carbons (Fsp3) is 0.714. The minimum atomic E-state index is -0.748. The van der Waals surface area contributed by atoms with Crippen molar-refractivity contribution in [3.63, 3.8) is 0 Å². The molecule has 0 bridgehead atoms. The number of nitrogens with two attached hydrogens (primary N) is 1. The van der Waals surface area contributed by atoms with Gasteiger partial charge >= 0.3 is 12.1 Å². The quantitative estimate of drug-likeness (QED) is 0.533. The van der Waals surface area contributed by atoms with Gasteiger partial charge in [-0.15, -0.1) is 0 Å². The van der Waals surface area contributed by atoms with Crippen LogP contribution in [0.15, 0.2) is 0 Å². The average molecular weight is 205 g/mol. The molecule has 0 aliphatic heterocycles. The van der Waals surface area contributed by atoms with Crippen LogP contribution in [0, 0.1) is 0 Å². The van der Waals surface area contributed by atoms with Gasteiger partial charge in [0.15, 0.2) is 0 Å². The van der Waals surface area contributed by atoms with E-state index in [-0.39, 0.29) is 6.54 Å². The third kappa shape index (κ3) is 7.32. The first-order chi connectivity index (χ1) is 6.35. The Morgan fingerprint density at radius 3 is 2.36 bits per heavy atom. The Bertz CT molecular complexity index is 211. The lowest BCUT2D eigenvalue weighted by atomic mass is 10.2. The average Bonchev–Trinajstić information content (AvgIpc) is 2.00. The highest BCUT2D eigenvalue weighted by atomic mass is 16.7. The molecule has 0 unspecified atom stereocenters. The second kappa shape index (κ2) is 5.40. The van der Waals surface area contributed by atoms with Crippen molar-refractivity contribution in [1.29, 1.82) is 0 Å². The predicted molar refractivity (Wildman–Crippen MR) is 47.7 cm³/mol. The molecule has 0 fully saturated rings. The molecule has 0 rings (SSSR count). The highest BCUT2D eigenvalue weighted by molar-refractivity contribution is 5.71. The minimum absolute atomic E-state index is 0.275. The first kappa shape index (κ1) is 12.7. The van der Waals surface area contributed by atoms with Gasteiger partial charge in [0.1, 0.15) is 5.60 Å². The lowest BCUT2D eigenvalue weighted by Gasteiger charge is -2.19. The van der Waals surface area contributed by atoms with Crippen molar-refractivity contribution in [2.24, 2.45) is 5.73 Å². The molecule has 7 heteroatoms. The first-order valence-corrected chi connectivity index (χ1v) is 3.99. The third-order valence-corrected chi connectivity index (χ3v) is 0.884. The van der Waals surface area contributed by atoms with Crippen molar-refractivity contribution in [2.45, 2.75) is 26.4 Å². The number of nitrogens with one attached hydrogen (secondary N) is 2. The van der Waals surface area contributed by atoms with E-state index in [1.165, 1.54) is 0 Å². The molecule has 0 saturated carbocycles. The third-order valence-electron chi connectivity index (χ3n) is 0.884. The summed E-state index contributed by atoms with van der Waals surface area (Å²) in [6.45, 7) is 4.85. The van der Waals surface area contributed by atoms with E-state index in [0.717, 1.165) is 0 Å². The van der Waals surface area contributed by atoms with Crippen LogP contribution in [0.5, 0.6) is 0 Å². The van der Waals surface area contributed by atoms with E-state index in [9.17, 15) is 9.59 Å². The zero-order chi connectivity index (χ0) is 11.2. The zero-order valence-electron chi connectivity index (χ0n) is 8.42. The van der Waals surface area contributed by atoms with E-state index in [1.54, 1.807) is 20.8 Å². The summed E-state index contributed by atoms with van der Waals surface area (Å²) in [5, 5.41) is 0. The smallest absolute Gasteiger partial charge is 0.424 e. The highest BCUT2D eigenvalue weighted by Gasteiger charge is 2.15. The Kier molecular flexibility index (Phi) is 4.89. The number of carbonyl (C=O) groups is 2. The lowest BCUT2D eigenvalue weighted by molar-refractivity contribution is -0.151. The Morgan fingerprint density at radius 1 is 1.36 bits per heavy atom. The van der Waals surface area contributed by atoms with Crippen LogP contribution in [0.25, 0.3) is 0 Å². The number of carbonyl (C=O) groups excluding carboxylic acids is 2. The summed E-state index contributed by atoms with van der Waals surface area (Å²) < 4.78 is 4.82. The van der Waals surface area contributed by atoms with Crippen molar-refractivity contribution < 1.29 is 19.2 Å². The van der Waals surface area contributed by atoms with Gasteiger partial charge in [0.2, 0.25) is 0 Å². The van der Waals surface area contributed by atoms with E-state index in [1.807, 2.05) is 11.0 Å². The molecule has 0 aliphatic rings. The zero-order valence-corrected chi connectivity index (χ0v) is 8.42. The van der Waals surface area contributed by atoms with Gasteiger partial charge in [-0.3, -0.25) is 0 Å². The normalized spacial score (nSPS) is 10.6. The molecule has 1 amide bonds. The van der Waals surface area contributed by atoms with Gasteiger partial charge in [0, 0.05) is 0 Å². The maximum atomic E-state index is 10.9. The summed E-state index contributed by atoms with van der Waals surface area (Å²) in [5.74, 6) is -0.693. The Balaban J connectivity index is 3.60. The number of hydrazine groups is 1. The van der Waals surface area contributed by atoms with Gasteiger partial charge in [0.25, 0.3) is 0 Å². The summed E-state index contributed by atoms with van der Waals surface area (Å²) >= 11 is 0. The number of amides is 1. The minimum Gasteiger partial charge on any atom is -0.443 e. The van der Waals surface area contributed by atoms with Crippen LogP contribution >= 0.6 is 0 Å². The van der Waals surface area contributed by atoms with E-state index in [0.29, 0.717) is 0 Å². The molecule has 7 nitrogen and oxygen atoms in total. The molecule has 0 saturated heterocycles. The van der Waals surface area contributed by atoms with Crippen LogP contribution in [0.3, 0.4) is 0 Å². The van der Waals surface area contributed by atoms with Crippen molar-refractivity contribution in [1.82, 2.24) is 11.0 Å². The first-order valence-electron chi connectivity index (χ1n) is 3.99. The standard InChI is InChI=1S/C7H15N3O4/c1-7(2,3)13-6(12)9-10-14-5(11)4-8/h10H,4,8H2,1-3H3,(H,9,12). The van der Waals surface area contributed by atoms with Crippen LogP contribution < -0.4 is 16.7 Å². The Labute approximate surface area is 81.8 Å². The van der Waals surface area contributed by atoms with E-state index >= 15 is 0 Å². The number of hydrogen-bond acceptors (Lipinski definition) is 6. The molecule has 0 aromatic carbocycles. The number of hydrogen-bond donors (Lipinski definition) is 3. The van der Waals surface area contributed by atoms with Gasteiger partial charge in [-0.25, -0.2) is 15.0 Å². The Morgan fingerprint density at radius 2 is 1.93 bits per heavy atom. The summed E-state index contributed by atoms with van der Waals surface area (Å²) in [5.41, 5.74) is 8.22. The van der Waals surface area contributed by atoms with Gasteiger partial charge in [-0.05, 0) is 20.8 Å². The van der Waals surface area contributed by atoms with E-state index in [2.05, 4.69) is 4.84 Å². The van der Waals surface area contributed by atoms with Crippen LogP contribution in [0.2, 0.25) is 0 Å². The molecule has 0 heterocycles. The SMILES string of the molecule is CC(C)(C)OC(=O)NNOC(=O)CN. The molecule has 0 aromatic heterocycles. The van der Waals surface area contributed by atoms with Gasteiger partial charge < -0.3 is 15.3 Å². The van der Waals surface area contributed by atoms with Crippen molar-refractivity contribution in [3.8, 4) is 0 Å². The van der Waals surface area contributed by atoms with Crippen LogP contribution in [0.4, 0.5) is 4.79 Å². The van der Waals surface area contributed by atoms with Gasteiger partial charge in [-0.2, -0.15) is 0 Å². The molecule has 0 aromatic rings. The second-order valence-electron chi connectivity index (χ2n) is 3.41. The van der Waals surface area contributed by atoms with Crippen molar-refractivity contribution in [3.05, 3.63) is 0 Å². The lowest BCUT2D eigenvalue weighted by Crippen LogP contribution is -2.43. The summed E-state index contributed by atoms with van der Waals surface area (Å²) in [6, 6.07) is 0. The predicted octanol–water partition coefficient (Wildman–Crippen LogP) is -0.567. The molecule has 0 radical (unpaired) electrons. The maximum absolute atomic E-state index is 10.9. The Hall–Kier alpha value is -1.34. The van der Waals surface area contributed by atoms with Crippen LogP contribution in [-0.4, -0.2) is 24.2 Å². The van der Waals surface area contributed by atoms with Crippen LogP contribution in [0.1, 0.15) is 20.8 Å².